The van der Waals surface area contributed by atoms with Crippen molar-refractivity contribution in [3.8, 4) is 0 Å². The Morgan fingerprint density at radius 1 is 1.04 bits per heavy atom. The number of benzene rings is 2. The van der Waals surface area contributed by atoms with E-state index in [4.69, 9.17) is 11.6 Å². The van der Waals surface area contributed by atoms with Crippen LogP contribution in [0.1, 0.15) is 18.5 Å². The zero-order valence-electron chi connectivity index (χ0n) is 15.0. The van der Waals surface area contributed by atoms with E-state index in [0.29, 0.717) is 10.7 Å². The molecule has 0 saturated carbocycles. The summed E-state index contributed by atoms with van der Waals surface area (Å²) in [5.74, 6) is -0.0500. The van der Waals surface area contributed by atoms with Crippen LogP contribution in [-0.2, 0) is 14.6 Å². The highest BCUT2D eigenvalue weighted by atomic mass is 35.5. The molecule has 2 aromatic rings. The van der Waals surface area contributed by atoms with Crippen LogP contribution in [0, 0.1) is 0 Å². The van der Waals surface area contributed by atoms with Gasteiger partial charge in [-0.2, -0.15) is 0 Å². The van der Waals surface area contributed by atoms with Gasteiger partial charge in [0.15, 0.2) is 9.84 Å². The van der Waals surface area contributed by atoms with Crippen LogP contribution in [0.25, 0.3) is 0 Å². The molecular formula is C20H21ClN2O3S. The number of hydrogen-bond donors (Lipinski definition) is 0. The standard InChI is InChI=1S/C20H21ClN2O3S/c1-14(15-6-3-2-4-7-15)22-11-20(24)23(17-9-5-8-16(21)10-17)19-13-27(25,26)12-18(19)22/h2-10,14,18-19H,11-13H2,1H3. The van der Waals surface area contributed by atoms with E-state index in [-0.39, 0.29) is 36.0 Å². The second-order valence-corrected chi connectivity index (χ2v) is 9.80. The summed E-state index contributed by atoms with van der Waals surface area (Å²) in [5.41, 5.74) is 1.73. The molecule has 2 saturated heterocycles. The summed E-state index contributed by atoms with van der Waals surface area (Å²) >= 11 is 6.10. The number of amides is 1. The normalized spacial score (nSPS) is 26.0. The van der Waals surface area contributed by atoms with Gasteiger partial charge in [0.25, 0.3) is 0 Å². The number of sulfone groups is 1. The summed E-state index contributed by atoms with van der Waals surface area (Å²) in [7, 11) is -3.22. The smallest absolute Gasteiger partial charge is 0.241 e. The number of rotatable bonds is 3. The molecule has 0 aromatic heterocycles. The van der Waals surface area contributed by atoms with Gasteiger partial charge in [-0.25, -0.2) is 8.42 Å². The third kappa shape index (κ3) is 3.49. The van der Waals surface area contributed by atoms with Crippen molar-refractivity contribution in [3.63, 3.8) is 0 Å². The van der Waals surface area contributed by atoms with Gasteiger partial charge >= 0.3 is 0 Å². The zero-order chi connectivity index (χ0) is 19.2. The predicted octanol–water partition coefficient (Wildman–Crippen LogP) is 2.92. The van der Waals surface area contributed by atoms with Crippen LogP contribution >= 0.6 is 11.6 Å². The lowest BCUT2D eigenvalue weighted by Gasteiger charge is -2.46. The molecule has 2 aliphatic rings. The molecule has 3 unspecified atom stereocenters. The van der Waals surface area contributed by atoms with Crippen LogP contribution in [-0.4, -0.2) is 49.4 Å². The lowest BCUT2D eigenvalue weighted by molar-refractivity contribution is -0.124. The fraction of sp³-hybridized carbons (Fsp3) is 0.350. The van der Waals surface area contributed by atoms with Gasteiger partial charge in [0.2, 0.25) is 5.91 Å². The summed E-state index contributed by atoms with van der Waals surface area (Å²) in [6, 6.07) is 16.3. The molecular weight excluding hydrogens is 384 g/mol. The lowest BCUT2D eigenvalue weighted by Crippen LogP contribution is -2.62. The highest BCUT2D eigenvalue weighted by Crippen LogP contribution is 2.36. The highest BCUT2D eigenvalue weighted by Gasteiger charge is 2.50. The maximum Gasteiger partial charge on any atom is 0.241 e. The van der Waals surface area contributed by atoms with Crippen LogP contribution in [0.5, 0.6) is 0 Å². The fourth-order valence-corrected chi connectivity index (χ4v) is 6.36. The Morgan fingerprint density at radius 3 is 2.44 bits per heavy atom. The Hall–Kier alpha value is -1.89. The average molecular weight is 405 g/mol. The first-order chi connectivity index (χ1) is 12.9. The van der Waals surface area contributed by atoms with Crippen molar-refractivity contribution in [1.82, 2.24) is 4.90 Å². The highest BCUT2D eigenvalue weighted by molar-refractivity contribution is 7.91. The van der Waals surface area contributed by atoms with Crippen molar-refractivity contribution >= 4 is 33.0 Å². The minimum atomic E-state index is -3.22. The Balaban J connectivity index is 1.72. The van der Waals surface area contributed by atoms with Gasteiger partial charge in [0, 0.05) is 22.8 Å². The quantitative estimate of drug-likeness (QED) is 0.789. The van der Waals surface area contributed by atoms with Gasteiger partial charge in [0.1, 0.15) is 0 Å². The first-order valence-corrected chi connectivity index (χ1v) is 11.1. The van der Waals surface area contributed by atoms with Crippen molar-refractivity contribution in [3.05, 3.63) is 65.2 Å². The van der Waals surface area contributed by atoms with Crippen molar-refractivity contribution in [2.75, 3.05) is 23.0 Å². The number of carbonyl (C=O) groups excluding carboxylic acids is 1. The number of halogens is 1. The Labute approximate surface area is 164 Å². The number of carbonyl (C=O) groups is 1. The molecule has 2 heterocycles. The average Bonchev–Trinajstić information content (AvgIpc) is 2.95. The second kappa shape index (κ2) is 6.93. The van der Waals surface area contributed by atoms with E-state index < -0.39 is 15.9 Å². The molecule has 0 N–H and O–H groups in total. The van der Waals surface area contributed by atoms with Crippen LogP contribution in [0.2, 0.25) is 5.02 Å². The van der Waals surface area contributed by atoms with E-state index in [1.165, 1.54) is 0 Å². The summed E-state index contributed by atoms with van der Waals surface area (Å²) in [5, 5.41) is 0.526. The largest absolute Gasteiger partial charge is 0.306 e. The minimum absolute atomic E-state index is 0.0199. The summed E-state index contributed by atoms with van der Waals surface area (Å²) in [6.07, 6.45) is 0. The van der Waals surface area contributed by atoms with E-state index in [2.05, 4.69) is 0 Å². The second-order valence-electron chi connectivity index (χ2n) is 7.21. The predicted molar refractivity (Wildman–Crippen MR) is 107 cm³/mol. The molecule has 0 bridgehead atoms. The summed E-state index contributed by atoms with van der Waals surface area (Å²) < 4.78 is 24.9. The third-order valence-electron chi connectivity index (χ3n) is 5.50. The van der Waals surface area contributed by atoms with E-state index >= 15 is 0 Å². The van der Waals surface area contributed by atoms with Crippen molar-refractivity contribution < 1.29 is 13.2 Å². The molecule has 27 heavy (non-hydrogen) atoms. The van der Waals surface area contributed by atoms with Crippen LogP contribution in [0.15, 0.2) is 54.6 Å². The van der Waals surface area contributed by atoms with Gasteiger partial charge in [-0.05, 0) is 30.7 Å². The molecule has 0 spiro atoms. The van der Waals surface area contributed by atoms with Crippen LogP contribution in [0.3, 0.4) is 0 Å². The van der Waals surface area contributed by atoms with Crippen molar-refractivity contribution in [2.45, 2.75) is 25.0 Å². The molecule has 2 aromatic carbocycles. The lowest BCUT2D eigenvalue weighted by atomic mass is 9.98. The number of nitrogens with zero attached hydrogens (tertiary/aromatic N) is 2. The van der Waals surface area contributed by atoms with Gasteiger partial charge in [-0.15, -0.1) is 0 Å². The fourth-order valence-electron chi connectivity index (χ4n) is 4.22. The molecule has 142 valence electrons. The Morgan fingerprint density at radius 2 is 1.74 bits per heavy atom. The SMILES string of the molecule is CC(c1ccccc1)N1CC(=O)N(c2cccc(Cl)c2)C2CS(=O)(=O)CC21. The van der Waals surface area contributed by atoms with Gasteiger partial charge in [-0.1, -0.05) is 48.0 Å². The van der Waals surface area contributed by atoms with E-state index in [0.717, 1.165) is 5.56 Å². The first-order valence-electron chi connectivity index (χ1n) is 8.94. The Bertz CT molecular complexity index is 964. The third-order valence-corrected chi connectivity index (χ3v) is 7.44. The Kier molecular flexibility index (Phi) is 4.74. The molecule has 7 heteroatoms. The molecule has 4 rings (SSSR count). The van der Waals surface area contributed by atoms with Gasteiger partial charge in [-0.3, -0.25) is 9.69 Å². The first kappa shape index (κ1) is 18.5. The van der Waals surface area contributed by atoms with Crippen LogP contribution < -0.4 is 4.90 Å². The van der Waals surface area contributed by atoms with E-state index in [1.54, 1.807) is 23.1 Å². The molecule has 0 aliphatic carbocycles. The van der Waals surface area contributed by atoms with Gasteiger partial charge in [0.05, 0.1) is 24.1 Å². The van der Waals surface area contributed by atoms with Gasteiger partial charge < -0.3 is 4.90 Å². The molecule has 0 radical (unpaired) electrons. The maximum absolute atomic E-state index is 13.1. The molecule has 2 fully saturated rings. The summed E-state index contributed by atoms with van der Waals surface area (Å²) in [6.45, 7) is 2.21. The topological polar surface area (TPSA) is 57.7 Å². The van der Waals surface area contributed by atoms with Crippen molar-refractivity contribution in [2.24, 2.45) is 0 Å². The molecule has 3 atom stereocenters. The minimum Gasteiger partial charge on any atom is -0.306 e. The molecule has 2 aliphatic heterocycles. The number of anilines is 1. The molecule has 5 nitrogen and oxygen atoms in total. The van der Waals surface area contributed by atoms with Crippen molar-refractivity contribution in [1.29, 1.82) is 0 Å². The monoisotopic (exact) mass is 404 g/mol. The number of hydrogen-bond acceptors (Lipinski definition) is 4. The summed E-state index contributed by atoms with van der Waals surface area (Å²) in [4.78, 5) is 16.7. The zero-order valence-corrected chi connectivity index (χ0v) is 16.5. The maximum atomic E-state index is 13.1. The molecule has 1 amide bonds. The number of fused-ring (bicyclic) bond motifs is 1. The van der Waals surface area contributed by atoms with Crippen LogP contribution in [0.4, 0.5) is 5.69 Å². The van der Waals surface area contributed by atoms with E-state index in [1.807, 2.05) is 48.2 Å². The van der Waals surface area contributed by atoms with E-state index in [9.17, 15) is 13.2 Å². The number of piperazine rings is 1.